The quantitative estimate of drug-likeness (QED) is 0.850. The Morgan fingerprint density at radius 1 is 1.38 bits per heavy atom. The van der Waals surface area contributed by atoms with Gasteiger partial charge < -0.3 is 10.4 Å². The minimum absolute atomic E-state index is 0.0536. The lowest BCUT2D eigenvalue weighted by atomic mass is 9.93. The summed E-state index contributed by atoms with van der Waals surface area (Å²) in [5.41, 5.74) is 0.902. The van der Waals surface area contributed by atoms with E-state index in [-0.39, 0.29) is 18.4 Å². The molecule has 1 amide bonds. The van der Waals surface area contributed by atoms with Crippen molar-refractivity contribution in [3.05, 3.63) is 47.4 Å². The number of thiophene rings is 1. The summed E-state index contributed by atoms with van der Waals surface area (Å²) in [6.45, 7) is 0.278. The maximum absolute atomic E-state index is 12.1. The molecule has 2 aromatic rings. The highest BCUT2D eigenvalue weighted by Crippen LogP contribution is 2.30. The van der Waals surface area contributed by atoms with Crippen molar-refractivity contribution < 1.29 is 9.90 Å². The summed E-state index contributed by atoms with van der Waals surface area (Å²) in [4.78, 5) is 12.1. The maximum Gasteiger partial charge on any atom is 0.223 e. The second-order valence-electron chi connectivity index (χ2n) is 5.43. The number of aliphatic hydroxyl groups excluding tert-OH is 1. The van der Waals surface area contributed by atoms with Gasteiger partial charge in [-0.2, -0.15) is 0 Å². The smallest absolute Gasteiger partial charge is 0.223 e. The highest BCUT2D eigenvalue weighted by atomic mass is 32.1. The van der Waals surface area contributed by atoms with E-state index in [4.69, 9.17) is 0 Å². The van der Waals surface area contributed by atoms with Crippen LogP contribution in [0.5, 0.6) is 0 Å². The van der Waals surface area contributed by atoms with Gasteiger partial charge in [-0.15, -0.1) is 11.3 Å². The topological polar surface area (TPSA) is 49.3 Å². The SMILES string of the molecule is O=C(NCC(O)c1csc2ccccc12)C1CC=CCC1. The molecule has 0 fully saturated rings. The average molecular weight is 301 g/mol. The van der Waals surface area contributed by atoms with Gasteiger partial charge in [0.2, 0.25) is 5.91 Å². The molecule has 0 bridgehead atoms. The van der Waals surface area contributed by atoms with Gasteiger partial charge >= 0.3 is 0 Å². The van der Waals surface area contributed by atoms with Crippen molar-refractivity contribution in [3.63, 3.8) is 0 Å². The number of carbonyl (C=O) groups is 1. The number of carbonyl (C=O) groups excluding carboxylic acids is 1. The van der Waals surface area contributed by atoms with E-state index in [0.717, 1.165) is 34.9 Å². The molecule has 0 aliphatic heterocycles. The number of benzene rings is 1. The van der Waals surface area contributed by atoms with Crippen molar-refractivity contribution in [2.45, 2.75) is 25.4 Å². The van der Waals surface area contributed by atoms with Crippen LogP contribution in [-0.2, 0) is 4.79 Å². The van der Waals surface area contributed by atoms with Crippen LogP contribution in [-0.4, -0.2) is 17.6 Å². The Balaban J connectivity index is 1.62. The largest absolute Gasteiger partial charge is 0.387 e. The Hall–Kier alpha value is -1.65. The first kappa shape index (κ1) is 14.3. The van der Waals surface area contributed by atoms with E-state index in [2.05, 4.69) is 17.5 Å². The first-order valence-corrected chi connectivity index (χ1v) is 8.20. The van der Waals surface area contributed by atoms with Crippen LogP contribution in [0.25, 0.3) is 10.1 Å². The minimum Gasteiger partial charge on any atom is -0.387 e. The molecule has 0 spiro atoms. The summed E-state index contributed by atoms with van der Waals surface area (Å²) < 4.78 is 1.16. The fraction of sp³-hybridized carbons (Fsp3) is 0.353. The Morgan fingerprint density at radius 3 is 3.05 bits per heavy atom. The second-order valence-corrected chi connectivity index (χ2v) is 6.34. The molecular formula is C17H19NO2S. The molecule has 3 rings (SSSR count). The van der Waals surface area contributed by atoms with E-state index in [1.165, 1.54) is 0 Å². The van der Waals surface area contributed by atoms with Crippen molar-refractivity contribution in [3.8, 4) is 0 Å². The molecule has 0 saturated heterocycles. The molecule has 1 aromatic carbocycles. The van der Waals surface area contributed by atoms with Crippen LogP contribution in [0.4, 0.5) is 0 Å². The standard InChI is InChI=1S/C17H19NO2S/c19-15(10-18-17(20)12-6-2-1-3-7-12)14-11-21-16-9-5-4-8-13(14)16/h1-2,4-5,8-9,11-12,15,19H,3,6-7,10H2,(H,18,20). The van der Waals surface area contributed by atoms with E-state index in [9.17, 15) is 9.90 Å². The van der Waals surface area contributed by atoms with Crippen LogP contribution >= 0.6 is 11.3 Å². The van der Waals surface area contributed by atoms with Gasteiger partial charge in [0.15, 0.2) is 0 Å². The van der Waals surface area contributed by atoms with Crippen LogP contribution in [0.2, 0.25) is 0 Å². The van der Waals surface area contributed by atoms with E-state index in [0.29, 0.717) is 0 Å². The van der Waals surface area contributed by atoms with E-state index in [1.54, 1.807) is 11.3 Å². The monoisotopic (exact) mass is 301 g/mol. The third-order valence-corrected chi connectivity index (χ3v) is 4.96. The number of amides is 1. The van der Waals surface area contributed by atoms with Crippen molar-refractivity contribution in [1.29, 1.82) is 0 Å². The van der Waals surface area contributed by atoms with Gasteiger partial charge in [-0.25, -0.2) is 0 Å². The van der Waals surface area contributed by atoms with Crippen LogP contribution in [0.1, 0.15) is 30.9 Å². The van der Waals surface area contributed by atoms with Crippen molar-refractivity contribution in [1.82, 2.24) is 5.32 Å². The van der Waals surface area contributed by atoms with Gasteiger partial charge in [0, 0.05) is 22.7 Å². The minimum atomic E-state index is -0.649. The van der Waals surface area contributed by atoms with Crippen LogP contribution in [0, 0.1) is 5.92 Å². The van der Waals surface area contributed by atoms with Gasteiger partial charge in [0.25, 0.3) is 0 Å². The zero-order valence-corrected chi connectivity index (χ0v) is 12.6. The number of rotatable bonds is 4. The van der Waals surface area contributed by atoms with Gasteiger partial charge in [-0.05, 0) is 36.1 Å². The zero-order valence-electron chi connectivity index (χ0n) is 11.8. The van der Waals surface area contributed by atoms with Crippen LogP contribution in [0.15, 0.2) is 41.8 Å². The average Bonchev–Trinajstić information content (AvgIpc) is 2.97. The maximum atomic E-state index is 12.1. The summed E-state index contributed by atoms with van der Waals surface area (Å²) in [6, 6.07) is 8.02. The van der Waals surface area contributed by atoms with E-state index in [1.807, 2.05) is 29.6 Å². The molecule has 3 nitrogen and oxygen atoms in total. The van der Waals surface area contributed by atoms with Crippen LogP contribution < -0.4 is 5.32 Å². The first-order chi connectivity index (χ1) is 10.3. The third kappa shape index (κ3) is 3.17. The Labute approximate surface area is 128 Å². The molecule has 2 unspecified atom stereocenters. The second kappa shape index (κ2) is 6.41. The molecule has 1 aliphatic carbocycles. The van der Waals surface area contributed by atoms with E-state index >= 15 is 0 Å². The lowest BCUT2D eigenvalue weighted by molar-refractivity contribution is -0.125. The molecule has 0 radical (unpaired) electrons. The molecule has 1 heterocycles. The molecule has 0 saturated carbocycles. The normalized spacial score (nSPS) is 19.6. The number of nitrogens with one attached hydrogen (secondary N) is 1. The molecule has 4 heteroatoms. The molecule has 1 aliphatic rings. The molecule has 2 N–H and O–H groups in total. The third-order valence-electron chi connectivity index (χ3n) is 3.98. The molecule has 21 heavy (non-hydrogen) atoms. The van der Waals surface area contributed by atoms with Crippen molar-refractivity contribution in [2.75, 3.05) is 6.54 Å². The summed E-state index contributed by atoms with van der Waals surface area (Å²) in [5.74, 6) is 0.111. The predicted molar refractivity (Wildman–Crippen MR) is 86.3 cm³/mol. The lowest BCUT2D eigenvalue weighted by Crippen LogP contribution is -2.34. The lowest BCUT2D eigenvalue weighted by Gasteiger charge is -2.18. The fourth-order valence-electron chi connectivity index (χ4n) is 2.74. The number of fused-ring (bicyclic) bond motifs is 1. The summed E-state index contributed by atoms with van der Waals surface area (Å²) in [6.07, 6.45) is 6.22. The number of aliphatic hydroxyl groups is 1. The van der Waals surface area contributed by atoms with Crippen molar-refractivity contribution in [2.24, 2.45) is 5.92 Å². The Morgan fingerprint density at radius 2 is 2.24 bits per heavy atom. The predicted octanol–water partition coefficient (Wildman–Crippen LogP) is 3.41. The zero-order chi connectivity index (χ0) is 14.7. The van der Waals surface area contributed by atoms with Gasteiger partial charge in [0.1, 0.15) is 0 Å². The number of hydrogen-bond donors (Lipinski definition) is 2. The van der Waals surface area contributed by atoms with Crippen LogP contribution in [0.3, 0.4) is 0 Å². The highest BCUT2D eigenvalue weighted by molar-refractivity contribution is 7.17. The summed E-state index contributed by atoms with van der Waals surface area (Å²) >= 11 is 1.62. The highest BCUT2D eigenvalue weighted by Gasteiger charge is 2.20. The number of hydrogen-bond acceptors (Lipinski definition) is 3. The Bertz CT molecular complexity index is 662. The summed E-state index contributed by atoms with van der Waals surface area (Å²) in [5, 5.41) is 16.3. The van der Waals surface area contributed by atoms with Gasteiger partial charge in [-0.1, -0.05) is 30.4 Å². The molecule has 1 aromatic heterocycles. The van der Waals surface area contributed by atoms with Crippen molar-refractivity contribution >= 4 is 27.3 Å². The molecular weight excluding hydrogens is 282 g/mol. The first-order valence-electron chi connectivity index (χ1n) is 7.32. The number of allylic oxidation sites excluding steroid dienone is 2. The fourth-order valence-corrected chi connectivity index (χ4v) is 3.75. The van der Waals surface area contributed by atoms with E-state index < -0.39 is 6.10 Å². The van der Waals surface area contributed by atoms with Gasteiger partial charge in [-0.3, -0.25) is 4.79 Å². The molecule has 2 atom stereocenters. The Kier molecular flexibility index (Phi) is 4.36. The van der Waals surface area contributed by atoms with Gasteiger partial charge in [0.05, 0.1) is 6.10 Å². The molecule has 110 valence electrons. The summed E-state index contributed by atoms with van der Waals surface area (Å²) in [7, 11) is 0.